The molecule has 0 bridgehead atoms. The first kappa shape index (κ1) is 24.6. The van der Waals surface area contributed by atoms with Crippen molar-refractivity contribution in [2.75, 3.05) is 6.54 Å². The molecule has 182 valence electrons. The van der Waals surface area contributed by atoms with Crippen LogP contribution in [0.25, 0.3) is 17.2 Å². The van der Waals surface area contributed by atoms with E-state index in [1.165, 1.54) is 33.6 Å². The molecule has 3 aromatic rings. The second-order valence-corrected chi connectivity index (χ2v) is 9.72. The van der Waals surface area contributed by atoms with Crippen molar-refractivity contribution >= 4 is 6.08 Å². The molecule has 0 saturated heterocycles. The number of nitrogens with zero attached hydrogens (tertiary/aromatic N) is 4. The standard InChI is InChI=1S/C30H36N4O/c1-7-10-28(21(4)15-29-32-22(5)16-30(35)33(29)6)34-14-13-27-24(19-34)17-23(18-31-27)26-12-9-8-11-25(26)20(2)3/h8-12,15-18,20H,7,13-14,19H2,1-6H3/b21-15-,28-10-. The van der Waals surface area contributed by atoms with E-state index in [0.717, 1.165) is 37.2 Å². The predicted octanol–water partition coefficient (Wildman–Crippen LogP) is 6.03. The SMILES string of the molecule is CC/C=C(/C(C)=C\c1nc(C)cc(=O)n1C)N1CCc2ncc(-c3ccccc3C(C)C)cc2C1. The van der Waals surface area contributed by atoms with Crippen LogP contribution < -0.4 is 5.56 Å². The maximum atomic E-state index is 12.3. The molecular weight excluding hydrogens is 432 g/mol. The molecule has 0 radical (unpaired) electrons. The Kier molecular flexibility index (Phi) is 7.34. The number of aromatic nitrogens is 3. The summed E-state index contributed by atoms with van der Waals surface area (Å²) in [6.45, 7) is 12.3. The van der Waals surface area contributed by atoms with Gasteiger partial charge in [-0.15, -0.1) is 0 Å². The van der Waals surface area contributed by atoms with Crippen molar-refractivity contribution in [2.45, 2.75) is 59.9 Å². The van der Waals surface area contributed by atoms with E-state index >= 15 is 0 Å². The van der Waals surface area contributed by atoms with E-state index in [0.29, 0.717) is 11.7 Å². The van der Waals surface area contributed by atoms with Crippen molar-refractivity contribution in [1.29, 1.82) is 0 Å². The zero-order valence-electron chi connectivity index (χ0n) is 21.8. The summed E-state index contributed by atoms with van der Waals surface area (Å²) in [5.74, 6) is 1.14. The van der Waals surface area contributed by atoms with Crippen molar-refractivity contribution in [3.63, 3.8) is 0 Å². The van der Waals surface area contributed by atoms with Crippen LogP contribution in [0.4, 0.5) is 0 Å². The Morgan fingerprint density at radius 1 is 1.20 bits per heavy atom. The minimum absolute atomic E-state index is 0.0373. The Bertz CT molecular complexity index is 1350. The van der Waals surface area contributed by atoms with Gasteiger partial charge in [0.15, 0.2) is 0 Å². The number of rotatable bonds is 6. The zero-order valence-corrected chi connectivity index (χ0v) is 21.8. The minimum atomic E-state index is -0.0373. The lowest BCUT2D eigenvalue weighted by Crippen LogP contribution is -2.31. The van der Waals surface area contributed by atoms with Crippen LogP contribution in [0.3, 0.4) is 0 Å². The summed E-state index contributed by atoms with van der Waals surface area (Å²) in [6.07, 6.45) is 8.18. The lowest BCUT2D eigenvalue weighted by Gasteiger charge is -2.33. The maximum Gasteiger partial charge on any atom is 0.253 e. The number of allylic oxidation sites excluding steroid dienone is 2. The number of pyridine rings is 1. The average molecular weight is 469 g/mol. The van der Waals surface area contributed by atoms with Crippen LogP contribution in [0.1, 0.15) is 68.4 Å². The third-order valence-corrected chi connectivity index (χ3v) is 6.72. The van der Waals surface area contributed by atoms with E-state index in [-0.39, 0.29) is 5.56 Å². The first-order chi connectivity index (χ1) is 16.8. The highest BCUT2D eigenvalue weighted by molar-refractivity contribution is 5.68. The molecule has 0 atom stereocenters. The first-order valence-corrected chi connectivity index (χ1v) is 12.5. The molecule has 35 heavy (non-hydrogen) atoms. The van der Waals surface area contributed by atoms with Gasteiger partial charge in [0, 0.05) is 61.5 Å². The Labute approximate surface area is 208 Å². The molecule has 0 N–H and O–H groups in total. The molecule has 0 aliphatic carbocycles. The number of fused-ring (bicyclic) bond motifs is 1. The highest BCUT2D eigenvalue weighted by atomic mass is 16.1. The molecule has 0 spiro atoms. The fourth-order valence-electron chi connectivity index (χ4n) is 4.85. The Morgan fingerprint density at radius 3 is 2.71 bits per heavy atom. The van der Waals surface area contributed by atoms with Crippen LogP contribution >= 0.6 is 0 Å². The van der Waals surface area contributed by atoms with Gasteiger partial charge in [0.1, 0.15) is 5.82 Å². The lowest BCUT2D eigenvalue weighted by molar-refractivity contribution is 0.324. The van der Waals surface area contributed by atoms with E-state index in [9.17, 15) is 4.79 Å². The first-order valence-electron chi connectivity index (χ1n) is 12.5. The molecule has 1 aliphatic rings. The van der Waals surface area contributed by atoms with Gasteiger partial charge < -0.3 is 4.90 Å². The minimum Gasteiger partial charge on any atom is -0.367 e. The molecule has 2 aromatic heterocycles. The number of hydrogen-bond donors (Lipinski definition) is 0. The van der Waals surface area contributed by atoms with Crippen molar-refractivity contribution in [3.05, 3.63) is 98.6 Å². The number of benzene rings is 1. The lowest BCUT2D eigenvalue weighted by atomic mass is 9.92. The molecule has 0 amide bonds. The molecule has 5 nitrogen and oxygen atoms in total. The number of hydrogen-bond acceptors (Lipinski definition) is 4. The second kappa shape index (κ2) is 10.4. The maximum absolute atomic E-state index is 12.3. The molecular formula is C30H36N4O. The van der Waals surface area contributed by atoms with Crippen LogP contribution in [0, 0.1) is 6.92 Å². The molecule has 1 aromatic carbocycles. The van der Waals surface area contributed by atoms with Gasteiger partial charge in [-0.1, -0.05) is 51.1 Å². The molecule has 4 rings (SSSR count). The summed E-state index contributed by atoms with van der Waals surface area (Å²) in [5, 5.41) is 0. The number of aryl methyl sites for hydroxylation is 1. The Balaban J connectivity index is 1.67. The highest BCUT2D eigenvalue weighted by Crippen LogP contribution is 2.32. The summed E-state index contributed by atoms with van der Waals surface area (Å²) >= 11 is 0. The molecule has 0 saturated carbocycles. The summed E-state index contributed by atoms with van der Waals surface area (Å²) in [7, 11) is 1.77. The predicted molar refractivity (Wildman–Crippen MR) is 144 cm³/mol. The van der Waals surface area contributed by atoms with Crippen LogP contribution in [0.15, 0.2) is 64.7 Å². The second-order valence-electron chi connectivity index (χ2n) is 9.72. The monoisotopic (exact) mass is 468 g/mol. The van der Waals surface area contributed by atoms with Crippen molar-refractivity contribution in [1.82, 2.24) is 19.4 Å². The van der Waals surface area contributed by atoms with Crippen LogP contribution in [0.2, 0.25) is 0 Å². The third-order valence-electron chi connectivity index (χ3n) is 6.72. The van der Waals surface area contributed by atoms with Crippen molar-refractivity contribution in [3.8, 4) is 11.1 Å². The van der Waals surface area contributed by atoms with Crippen molar-refractivity contribution in [2.24, 2.45) is 7.05 Å². The van der Waals surface area contributed by atoms with E-state index in [4.69, 9.17) is 4.98 Å². The van der Waals surface area contributed by atoms with Crippen LogP contribution in [-0.2, 0) is 20.0 Å². The van der Waals surface area contributed by atoms with Gasteiger partial charge in [-0.2, -0.15) is 0 Å². The smallest absolute Gasteiger partial charge is 0.253 e. The van der Waals surface area contributed by atoms with Gasteiger partial charge in [0.25, 0.3) is 5.56 Å². The van der Waals surface area contributed by atoms with Gasteiger partial charge in [-0.05, 0) is 60.6 Å². The normalized spacial score (nSPS) is 14.4. The van der Waals surface area contributed by atoms with Crippen molar-refractivity contribution < 1.29 is 0 Å². The molecule has 0 unspecified atom stereocenters. The van der Waals surface area contributed by atoms with Crippen LogP contribution in [0.5, 0.6) is 0 Å². The molecule has 0 fully saturated rings. The fourth-order valence-corrected chi connectivity index (χ4v) is 4.85. The zero-order chi connectivity index (χ0) is 25.1. The van der Waals surface area contributed by atoms with Crippen LogP contribution in [-0.4, -0.2) is 26.0 Å². The van der Waals surface area contributed by atoms with E-state index in [1.54, 1.807) is 17.7 Å². The van der Waals surface area contributed by atoms with Gasteiger partial charge in [-0.25, -0.2) is 4.98 Å². The quantitative estimate of drug-likeness (QED) is 0.415. The third kappa shape index (κ3) is 5.29. The van der Waals surface area contributed by atoms with E-state index in [2.05, 4.69) is 74.0 Å². The Morgan fingerprint density at radius 2 is 1.97 bits per heavy atom. The summed E-state index contributed by atoms with van der Waals surface area (Å²) in [4.78, 5) is 24.2. The Hall–Kier alpha value is -3.47. The fraction of sp³-hybridized carbons (Fsp3) is 0.367. The average Bonchev–Trinajstić information content (AvgIpc) is 2.84. The molecule has 5 heteroatoms. The van der Waals surface area contributed by atoms with E-state index < -0.39 is 0 Å². The topological polar surface area (TPSA) is 51.0 Å². The summed E-state index contributed by atoms with van der Waals surface area (Å²) < 4.78 is 1.61. The van der Waals surface area contributed by atoms with Gasteiger partial charge >= 0.3 is 0 Å². The van der Waals surface area contributed by atoms with E-state index in [1.807, 2.05) is 19.2 Å². The summed E-state index contributed by atoms with van der Waals surface area (Å²) in [5.41, 5.74) is 9.27. The molecule has 1 aliphatic heterocycles. The largest absolute Gasteiger partial charge is 0.367 e. The highest BCUT2D eigenvalue weighted by Gasteiger charge is 2.21. The molecule has 3 heterocycles. The summed E-state index contributed by atoms with van der Waals surface area (Å²) in [6, 6.07) is 12.5. The van der Waals surface area contributed by atoms with Gasteiger partial charge in [0.2, 0.25) is 0 Å². The van der Waals surface area contributed by atoms with Gasteiger partial charge in [0.05, 0.1) is 0 Å². The van der Waals surface area contributed by atoms with Gasteiger partial charge in [-0.3, -0.25) is 14.3 Å².